The van der Waals surface area contributed by atoms with Gasteiger partial charge in [0.25, 0.3) is 0 Å². The highest BCUT2D eigenvalue weighted by Crippen LogP contribution is 2.38. The standard InChI is InChI=1S/C22H27N3O2/c1-16-7-6-10-23-21(16)19-9-5-8-17-13-18(27-22(17)19)14-24-20(26)15-25-11-3-2-4-12-25/h5-10,18H,2-4,11-15H2,1H3,(H,24,26)/t18-/m0/s1. The Bertz CT molecular complexity index is 815. The van der Waals surface area contributed by atoms with Crippen LogP contribution in [0.2, 0.25) is 0 Å². The Hall–Kier alpha value is -2.40. The fourth-order valence-corrected chi connectivity index (χ4v) is 4.01. The minimum absolute atomic E-state index is 0.0181. The van der Waals surface area contributed by atoms with Gasteiger partial charge >= 0.3 is 0 Å². The van der Waals surface area contributed by atoms with Crippen LogP contribution in [0.25, 0.3) is 11.3 Å². The Morgan fingerprint density at radius 2 is 2.07 bits per heavy atom. The number of ether oxygens (including phenoxy) is 1. The lowest BCUT2D eigenvalue weighted by atomic mass is 10.0. The first-order chi connectivity index (χ1) is 13.2. The van der Waals surface area contributed by atoms with Crippen molar-refractivity contribution in [2.75, 3.05) is 26.2 Å². The molecule has 1 N–H and O–H groups in total. The zero-order chi connectivity index (χ0) is 18.6. The van der Waals surface area contributed by atoms with Crippen LogP contribution in [-0.4, -0.2) is 48.1 Å². The molecule has 27 heavy (non-hydrogen) atoms. The first kappa shape index (κ1) is 18.0. The number of piperidine rings is 1. The highest BCUT2D eigenvalue weighted by Gasteiger charge is 2.27. The fraction of sp³-hybridized carbons (Fsp3) is 0.455. The number of aromatic nitrogens is 1. The molecule has 1 aromatic carbocycles. The summed E-state index contributed by atoms with van der Waals surface area (Å²) >= 11 is 0. The summed E-state index contributed by atoms with van der Waals surface area (Å²) in [5.74, 6) is 1.01. The van der Waals surface area contributed by atoms with E-state index in [1.54, 1.807) is 0 Å². The van der Waals surface area contributed by atoms with Gasteiger partial charge in [0.1, 0.15) is 11.9 Å². The molecule has 5 heteroatoms. The van der Waals surface area contributed by atoms with Crippen molar-refractivity contribution in [2.24, 2.45) is 0 Å². The van der Waals surface area contributed by atoms with Crippen molar-refractivity contribution in [3.8, 4) is 17.0 Å². The average Bonchev–Trinajstić information content (AvgIpc) is 3.11. The summed E-state index contributed by atoms with van der Waals surface area (Å²) in [6.45, 7) is 5.17. The highest BCUT2D eigenvalue weighted by atomic mass is 16.5. The number of para-hydroxylation sites is 1. The summed E-state index contributed by atoms with van der Waals surface area (Å²) in [6, 6.07) is 10.2. The van der Waals surface area contributed by atoms with Crippen LogP contribution < -0.4 is 10.1 Å². The zero-order valence-electron chi connectivity index (χ0n) is 15.9. The summed E-state index contributed by atoms with van der Waals surface area (Å²) in [7, 11) is 0. The number of amides is 1. The average molecular weight is 365 g/mol. The molecule has 1 fully saturated rings. The SMILES string of the molecule is Cc1cccnc1-c1cccc2c1O[C@H](CNC(=O)CN1CCCCC1)C2. The van der Waals surface area contributed by atoms with Crippen LogP contribution in [0.3, 0.4) is 0 Å². The van der Waals surface area contributed by atoms with Crippen molar-refractivity contribution in [1.82, 2.24) is 15.2 Å². The third kappa shape index (κ3) is 4.14. The predicted octanol–water partition coefficient (Wildman–Crippen LogP) is 2.96. The molecular weight excluding hydrogens is 338 g/mol. The predicted molar refractivity (Wildman–Crippen MR) is 106 cm³/mol. The molecule has 1 saturated heterocycles. The van der Waals surface area contributed by atoms with Gasteiger partial charge in [-0.3, -0.25) is 14.7 Å². The van der Waals surface area contributed by atoms with E-state index < -0.39 is 0 Å². The van der Waals surface area contributed by atoms with Crippen LogP contribution in [0.15, 0.2) is 36.5 Å². The van der Waals surface area contributed by atoms with E-state index in [-0.39, 0.29) is 12.0 Å². The van der Waals surface area contributed by atoms with Crippen LogP contribution in [0.5, 0.6) is 5.75 Å². The molecule has 1 aromatic heterocycles. The second-order valence-electron chi connectivity index (χ2n) is 7.55. The number of nitrogens with one attached hydrogen (secondary N) is 1. The Balaban J connectivity index is 1.37. The van der Waals surface area contributed by atoms with E-state index in [1.165, 1.54) is 24.8 Å². The third-order valence-corrected chi connectivity index (χ3v) is 5.44. The molecule has 142 valence electrons. The van der Waals surface area contributed by atoms with Gasteiger partial charge < -0.3 is 10.1 Å². The lowest BCUT2D eigenvalue weighted by Gasteiger charge is -2.25. The molecule has 2 aliphatic heterocycles. The summed E-state index contributed by atoms with van der Waals surface area (Å²) in [4.78, 5) is 19.0. The Morgan fingerprint density at radius 3 is 2.89 bits per heavy atom. The van der Waals surface area contributed by atoms with Crippen LogP contribution in [0.1, 0.15) is 30.4 Å². The van der Waals surface area contributed by atoms with Gasteiger partial charge in [0, 0.05) is 18.2 Å². The molecule has 0 unspecified atom stereocenters. The Labute approximate surface area is 160 Å². The van der Waals surface area contributed by atoms with Gasteiger partial charge in [0.2, 0.25) is 5.91 Å². The molecule has 3 heterocycles. The van der Waals surface area contributed by atoms with Crippen molar-refractivity contribution in [3.63, 3.8) is 0 Å². The van der Waals surface area contributed by atoms with E-state index in [2.05, 4.69) is 46.4 Å². The zero-order valence-corrected chi connectivity index (χ0v) is 15.9. The number of carbonyl (C=O) groups is 1. The number of hydrogen-bond acceptors (Lipinski definition) is 4. The molecule has 4 rings (SSSR count). The van der Waals surface area contributed by atoms with Gasteiger partial charge in [-0.05, 0) is 56.1 Å². The van der Waals surface area contributed by atoms with Crippen molar-refractivity contribution in [1.29, 1.82) is 0 Å². The maximum absolute atomic E-state index is 12.3. The smallest absolute Gasteiger partial charge is 0.234 e. The number of nitrogens with zero attached hydrogens (tertiary/aromatic N) is 2. The van der Waals surface area contributed by atoms with Crippen LogP contribution in [-0.2, 0) is 11.2 Å². The molecule has 2 aromatic rings. The normalized spacial score (nSPS) is 19.4. The minimum Gasteiger partial charge on any atom is -0.487 e. The van der Waals surface area contributed by atoms with E-state index in [0.717, 1.165) is 42.1 Å². The van der Waals surface area contributed by atoms with Crippen LogP contribution in [0.4, 0.5) is 0 Å². The van der Waals surface area contributed by atoms with Crippen molar-refractivity contribution in [3.05, 3.63) is 47.7 Å². The maximum Gasteiger partial charge on any atom is 0.234 e. The monoisotopic (exact) mass is 365 g/mol. The van der Waals surface area contributed by atoms with E-state index >= 15 is 0 Å². The van der Waals surface area contributed by atoms with Crippen LogP contribution >= 0.6 is 0 Å². The molecule has 1 atom stereocenters. The number of hydrogen-bond donors (Lipinski definition) is 1. The maximum atomic E-state index is 12.3. The van der Waals surface area contributed by atoms with Gasteiger partial charge in [-0.25, -0.2) is 0 Å². The third-order valence-electron chi connectivity index (χ3n) is 5.44. The summed E-state index contributed by atoms with van der Waals surface area (Å²) in [5.41, 5.74) is 4.32. The molecule has 2 aliphatic rings. The Morgan fingerprint density at radius 1 is 1.22 bits per heavy atom. The fourth-order valence-electron chi connectivity index (χ4n) is 4.01. The van der Waals surface area contributed by atoms with Gasteiger partial charge in [-0.15, -0.1) is 0 Å². The highest BCUT2D eigenvalue weighted by molar-refractivity contribution is 5.78. The molecule has 0 radical (unpaired) electrons. The molecule has 0 spiro atoms. The van der Waals surface area contributed by atoms with Gasteiger partial charge in [0.15, 0.2) is 0 Å². The lowest BCUT2D eigenvalue weighted by molar-refractivity contribution is -0.122. The Kier molecular flexibility index (Phi) is 5.39. The minimum atomic E-state index is -0.0181. The molecule has 0 bridgehead atoms. The molecule has 0 aliphatic carbocycles. The molecule has 5 nitrogen and oxygen atoms in total. The van der Waals surface area contributed by atoms with Crippen molar-refractivity contribution in [2.45, 2.75) is 38.7 Å². The lowest BCUT2D eigenvalue weighted by Crippen LogP contribution is -2.42. The number of fused-ring (bicyclic) bond motifs is 1. The van der Waals surface area contributed by atoms with E-state index in [9.17, 15) is 4.79 Å². The molecule has 0 saturated carbocycles. The van der Waals surface area contributed by atoms with Gasteiger partial charge in [0.05, 0.1) is 18.8 Å². The summed E-state index contributed by atoms with van der Waals surface area (Å²) < 4.78 is 6.22. The largest absolute Gasteiger partial charge is 0.487 e. The summed E-state index contributed by atoms with van der Waals surface area (Å²) in [6.07, 6.45) is 6.29. The number of carbonyl (C=O) groups excluding carboxylic acids is 1. The first-order valence-corrected chi connectivity index (χ1v) is 9.90. The van der Waals surface area contributed by atoms with E-state index in [4.69, 9.17) is 4.74 Å². The van der Waals surface area contributed by atoms with E-state index in [0.29, 0.717) is 13.1 Å². The van der Waals surface area contributed by atoms with E-state index in [1.807, 2.05) is 12.3 Å². The number of benzene rings is 1. The second kappa shape index (κ2) is 8.09. The second-order valence-corrected chi connectivity index (χ2v) is 7.55. The topological polar surface area (TPSA) is 54.5 Å². The van der Waals surface area contributed by atoms with Crippen molar-refractivity contribution < 1.29 is 9.53 Å². The quantitative estimate of drug-likeness (QED) is 0.885. The number of pyridine rings is 1. The van der Waals surface area contributed by atoms with Gasteiger partial charge in [-0.1, -0.05) is 24.6 Å². The van der Waals surface area contributed by atoms with Crippen LogP contribution in [0, 0.1) is 6.92 Å². The number of aryl methyl sites for hydroxylation is 1. The first-order valence-electron chi connectivity index (χ1n) is 9.90. The number of rotatable bonds is 5. The molecular formula is C22H27N3O2. The van der Waals surface area contributed by atoms with Crippen molar-refractivity contribution >= 4 is 5.91 Å². The summed E-state index contributed by atoms with van der Waals surface area (Å²) in [5, 5.41) is 3.06. The number of likely N-dealkylation sites (tertiary alicyclic amines) is 1. The van der Waals surface area contributed by atoms with Gasteiger partial charge in [-0.2, -0.15) is 0 Å². The molecule has 1 amide bonds.